The van der Waals surface area contributed by atoms with Crippen molar-refractivity contribution in [3.63, 3.8) is 0 Å². The molecule has 0 saturated carbocycles. The Kier molecular flexibility index (Phi) is 5.12. The number of imide groups is 1. The molecule has 0 unspecified atom stereocenters. The standard InChI is InChI=1S/C20H19ClN2O2S/c1-5-9-22-19(24)18(26-20(22)25)11-15-10-12(2)23(14(15)4)17-8-6-7-16(21)13(17)3/h5-8,10-11H,1,9H2,2-4H3/b18-11+. The van der Waals surface area contributed by atoms with Gasteiger partial charge in [-0.1, -0.05) is 23.7 Å². The maximum Gasteiger partial charge on any atom is 0.293 e. The first-order chi connectivity index (χ1) is 12.3. The summed E-state index contributed by atoms with van der Waals surface area (Å²) in [5, 5.41) is 0.447. The number of halogens is 1. The lowest BCUT2D eigenvalue weighted by Gasteiger charge is -2.13. The van der Waals surface area contributed by atoms with E-state index in [1.807, 2.05) is 45.0 Å². The van der Waals surface area contributed by atoms with Crippen LogP contribution in [0.15, 0.2) is 41.8 Å². The summed E-state index contributed by atoms with van der Waals surface area (Å²) in [6.07, 6.45) is 3.33. The molecule has 6 heteroatoms. The van der Waals surface area contributed by atoms with Crippen molar-refractivity contribution in [3.8, 4) is 5.69 Å². The van der Waals surface area contributed by atoms with Crippen LogP contribution in [0.25, 0.3) is 11.8 Å². The number of rotatable bonds is 4. The summed E-state index contributed by atoms with van der Waals surface area (Å²) in [6.45, 7) is 9.80. The monoisotopic (exact) mass is 386 g/mol. The van der Waals surface area contributed by atoms with Gasteiger partial charge in [0.15, 0.2) is 0 Å². The summed E-state index contributed by atoms with van der Waals surface area (Å²) < 4.78 is 2.11. The van der Waals surface area contributed by atoms with Crippen LogP contribution >= 0.6 is 23.4 Å². The number of nitrogens with zero attached hydrogens (tertiary/aromatic N) is 2. The van der Waals surface area contributed by atoms with Crippen LogP contribution in [-0.4, -0.2) is 27.2 Å². The zero-order valence-corrected chi connectivity index (χ0v) is 16.4. The number of hydrogen-bond acceptors (Lipinski definition) is 3. The van der Waals surface area contributed by atoms with Gasteiger partial charge in [0.05, 0.1) is 4.91 Å². The van der Waals surface area contributed by atoms with Crippen molar-refractivity contribution in [1.82, 2.24) is 9.47 Å². The third-order valence-corrected chi connectivity index (χ3v) is 5.74. The topological polar surface area (TPSA) is 42.3 Å². The Morgan fingerprint density at radius 1 is 1.23 bits per heavy atom. The summed E-state index contributed by atoms with van der Waals surface area (Å²) >= 11 is 7.23. The Morgan fingerprint density at radius 3 is 2.65 bits per heavy atom. The van der Waals surface area contributed by atoms with E-state index in [2.05, 4.69) is 11.1 Å². The molecule has 0 spiro atoms. The van der Waals surface area contributed by atoms with Crippen LogP contribution in [-0.2, 0) is 4.79 Å². The highest BCUT2D eigenvalue weighted by Gasteiger charge is 2.34. The van der Waals surface area contributed by atoms with Crippen molar-refractivity contribution in [2.24, 2.45) is 0 Å². The molecular weight excluding hydrogens is 368 g/mol. The van der Waals surface area contributed by atoms with Crippen molar-refractivity contribution in [2.45, 2.75) is 20.8 Å². The number of carbonyl (C=O) groups excluding carboxylic acids is 2. The van der Waals surface area contributed by atoms with Crippen molar-refractivity contribution >= 4 is 40.6 Å². The van der Waals surface area contributed by atoms with E-state index in [4.69, 9.17) is 11.6 Å². The Bertz CT molecular complexity index is 959. The van der Waals surface area contributed by atoms with E-state index in [1.54, 1.807) is 12.2 Å². The number of hydrogen-bond donors (Lipinski definition) is 0. The highest BCUT2D eigenvalue weighted by atomic mass is 35.5. The maximum absolute atomic E-state index is 12.4. The van der Waals surface area contributed by atoms with E-state index in [1.165, 1.54) is 4.90 Å². The van der Waals surface area contributed by atoms with Crippen molar-refractivity contribution in [3.05, 3.63) is 69.4 Å². The summed E-state index contributed by atoms with van der Waals surface area (Å²) in [5.74, 6) is -0.274. The van der Waals surface area contributed by atoms with Gasteiger partial charge in [-0.2, -0.15) is 0 Å². The minimum Gasteiger partial charge on any atom is -0.318 e. The van der Waals surface area contributed by atoms with E-state index >= 15 is 0 Å². The predicted molar refractivity (Wildman–Crippen MR) is 108 cm³/mol. The van der Waals surface area contributed by atoms with Crippen molar-refractivity contribution < 1.29 is 9.59 Å². The molecule has 3 rings (SSSR count). The van der Waals surface area contributed by atoms with Crippen LogP contribution in [0.3, 0.4) is 0 Å². The van der Waals surface area contributed by atoms with Crippen LogP contribution in [0.4, 0.5) is 4.79 Å². The van der Waals surface area contributed by atoms with Crippen molar-refractivity contribution in [1.29, 1.82) is 0 Å². The van der Waals surface area contributed by atoms with Gasteiger partial charge in [-0.05, 0) is 67.9 Å². The van der Waals surface area contributed by atoms with Gasteiger partial charge >= 0.3 is 0 Å². The highest BCUT2D eigenvalue weighted by Crippen LogP contribution is 2.34. The van der Waals surface area contributed by atoms with Crippen LogP contribution in [0.1, 0.15) is 22.5 Å². The SMILES string of the molecule is C=CCN1C(=O)S/C(=C/c2cc(C)n(-c3cccc(Cl)c3C)c2C)C1=O. The van der Waals surface area contributed by atoms with Gasteiger partial charge in [0.25, 0.3) is 11.1 Å². The molecule has 4 nitrogen and oxygen atoms in total. The van der Waals surface area contributed by atoms with Crippen LogP contribution in [0.2, 0.25) is 5.02 Å². The molecule has 1 aliphatic rings. The molecule has 1 fully saturated rings. The first-order valence-electron chi connectivity index (χ1n) is 8.15. The molecule has 1 aromatic heterocycles. The van der Waals surface area contributed by atoms with Crippen molar-refractivity contribution in [2.75, 3.05) is 6.54 Å². The van der Waals surface area contributed by atoms with E-state index in [9.17, 15) is 9.59 Å². The van der Waals surface area contributed by atoms with Gasteiger partial charge in [0.2, 0.25) is 0 Å². The maximum atomic E-state index is 12.4. The summed E-state index contributed by atoms with van der Waals surface area (Å²) in [7, 11) is 0. The predicted octanol–water partition coefficient (Wildman–Crippen LogP) is 5.28. The second-order valence-corrected chi connectivity index (χ2v) is 7.53. The summed E-state index contributed by atoms with van der Waals surface area (Å²) in [6, 6.07) is 7.81. The zero-order valence-electron chi connectivity index (χ0n) is 14.9. The number of aryl methyl sites for hydroxylation is 1. The third-order valence-electron chi connectivity index (χ3n) is 4.42. The largest absolute Gasteiger partial charge is 0.318 e. The fourth-order valence-corrected chi connectivity index (χ4v) is 4.08. The molecule has 2 aromatic rings. The molecule has 2 amide bonds. The van der Waals surface area contributed by atoms with Gasteiger partial charge in [-0.25, -0.2) is 0 Å². The van der Waals surface area contributed by atoms with Gasteiger partial charge in [0.1, 0.15) is 0 Å². The molecule has 134 valence electrons. The molecular formula is C20H19ClN2O2S. The number of benzene rings is 1. The Morgan fingerprint density at radius 2 is 1.96 bits per heavy atom. The lowest BCUT2D eigenvalue weighted by atomic mass is 10.2. The van der Waals surface area contributed by atoms with E-state index < -0.39 is 0 Å². The molecule has 1 saturated heterocycles. The molecule has 0 bridgehead atoms. The van der Waals surface area contributed by atoms with Crippen LogP contribution in [0.5, 0.6) is 0 Å². The van der Waals surface area contributed by atoms with Crippen LogP contribution in [0, 0.1) is 20.8 Å². The van der Waals surface area contributed by atoms with Gasteiger partial charge < -0.3 is 4.57 Å². The Labute approximate surface area is 162 Å². The first-order valence-corrected chi connectivity index (χ1v) is 9.35. The zero-order chi connectivity index (χ0) is 19.0. The third kappa shape index (κ3) is 3.13. The second-order valence-electron chi connectivity index (χ2n) is 6.13. The van der Waals surface area contributed by atoms with Gasteiger partial charge in [0, 0.05) is 28.6 Å². The summed E-state index contributed by atoms with van der Waals surface area (Å²) in [4.78, 5) is 26.1. The lowest BCUT2D eigenvalue weighted by molar-refractivity contribution is -0.122. The quantitative estimate of drug-likeness (QED) is 0.530. The molecule has 0 aliphatic carbocycles. The average Bonchev–Trinajstić information content (AvgIpc) is 3.01. The number of amides is 2. The Hall–Kier alpha value is -2.24. The highest BCUT2D eigenvalue weighted by molar-refractivity contribution is 8.18. The molecule has 26 heavy (non-hydrogen) atoms. The van der Waals surface area contributed by atoms with E-state index in [0.717, 1.165) is 40.0 Å². The normalized spacial score (nSPS) is 16.0. The molecule has 0 N–H and O–H groups in total. The fourth-order valence-electron chi connectivity index (χ4n) is 3.07. The number of aromatic nitrogens is 1. The number of carbonyl (C=O) groups is 2. The van der Waals surface area contributed by atoms with Crippen LogP contribution < -0.4 is 0 Å². The molecule has 0 atom stereocenters. The van der Waals surface area contributed by atoms with E-state index in [-0.39, 0.29) is 17.7 Å². The second kappa shape index (κ2) is 7.17. The average molecular weight is 387 g/mol. The Balaban J connectivity index is 2.04. The fraction of sp³-hybridized carbons (Fsp3) is 0.200. The van der Waals surface area contributed by atoms with E-state index in [0.29, 0.717) is 9.93 Å². The first kappa shape index (κ1) is 18.5. The minimum atomic E-state index is -0.274. The molecule has 1 aromatic carbocycles. The smallest absolute Gasteiger partial charge is 0.293 e. The molecule has 1 aliphatic heterocycles. The summed E-state index contributed by atoms with van der Waals surface area (Å²) in [5.41, 5.74) is 4.93. The van der Waals surface area contributed by atoms with Gasteiger partial charge in [-0.15, -0.1) is 6.58 Å². The van der Waals surface area contributed by atoms with Gasteiger partial charge in [-0.3, -0.25) is 14.5 Å². The lowest BCUT2D eigenvalue weighted by Crippen LogP contribution is -2.27. The molecule has 0 radical (unpaired) electrons. The minimum absolute atomic E-state index is 0.225. The number of thioether (sulfide) groups is 1. The molecule has 2 heterocycles.